The van der Waals surface area contributed by atoms with Crippen molar-refractivity contribution in [3.63, 3.8) is 0 Å². The first kappa shape index (κ1) is 15.1. The molecule has 0 rings (SSSR count). The summed E-state index contributed by atoms with van der Waals surface area (Å²) in [6, 6.07) is -0.200. The molecule has 0 saturated carbocycles. The largest absolute Gasteiger partial charge is 0.358 e. The van der Waals surface area contributed by atoms with Crippen LogP contribution in [-0.2, 0) is 9.59 Å². The van der Waals surface area contributed by atoms with Gasteiger partial charge in [-0.3, -0.25) is 14.9 Å². The highest BCUT2D eigenvalue weighted by molar-refractivity contribution is 5.83. The van der Waals surface area contributed by atoms with E-state index in [1.807, 2.05) is 7.05 Å². The molecule has 16 heavy (non-hydrogen) atoms. The fourth-order valence-electron chi connectivity index (χ4n) is 1.40. The Hall–Kier alpha value is -0.940. The predicted molar refractivity (Wildman–Crippen MR) is 64.3 cm³/mol. The van der Waals surface area contributed by atoms with Crippen molar-refractivity contribution >= 4 is 11.7 Å². The molecule has 0 aliphatic heterocycles. The molecule has 0 fully saturated rings. The third-order valence-corrected chi connectivity index (χ3v) is 2.45. The van der Waals surface area contributed by atoms with Crippen LogP contribution in [0.25, 0.3) is 0 Å². The fourth-order valence-corrected chi connectivity index (χ4v) is 1.40. The molecule has 0 aliphatic carbocycles. The van der Waals surface area contributed by atoms with Gasteiger partial charge in [-0.15, -0.1) is 0 Å². The number of likely N-dealkylation sites (N-methyl/N-ethyl adjacent to an activating group) is 1. The molecule has 0 aromatic heterocycles. The van der Waals surface area contributed by atoms with Crippen LogP contribution in [0.3, 0.4) is 0 Å². The number of ketones is 1. The molecular weight excluding hydrogens is 206 g/mol. The molecule has 1 unspecified atom stereocenters. The summed E-state index contributed by atoms with van der Waals surface area (Å²) in [5, 5.41) is 8.54. The number of rotatable bonds is 9. The van der Waals surface area contributed by atoms with Gasteiger partial charge in [-0.2, -0.15) is 0 Å². The van der Waals surface area contributed by atoms with Crippen LogP contribution < -0.4 is 16.0 Å². The van der Waals surface area contributed by atoms with Gasteiger partial charge in [0, 0.05) is 7.05 Å². The van der Waals surface area contributed by atoms with Gasteiger partial charge in [0.25, 0.3) is 0 Å². The average Bonchev–Trinajstić information content (AvgIpc) is 2.27. The van der Waals surface area contributed by atoms with Crippen molar-refractivity contribution < 1.29 is 9.59 Å². The quantitative estimate of drug-likeness (QED) is 0.473. The summed E-state index contributed by atoms with van der Waals surface area (Å²) < 4.78 is 0. The van der Waals surface area contributed by atoms with Crippen LogP contribution in [0, 0.1) is 0 Å². The van der Waals surface area contributed by atoms with Gasteiger partial charge in [-0.05, 0) is 33.4 Å². The van der Waals surface area contributed by atoms with Crippen LogP contribution in [0.4, 0.5) is 0 Å². The van der Waals surface area contributed by atoms with E-state index in [0.717, 1.165) is 25.8 Å². The van der Waals surface area contributed by atoms with Crippen molar-refractivity contribution in [3.05, 3.63) is 0 Å². The number of Topliss-reactive ketones (excluding diaryl/α,β-unsaturated/α-hetero) is 1. The highest BCUT2D eigenvalue weighted by atomic mass is 16.2. The average molecular weight is 229 g/mol. The molecule has 0 aliphatic rings. The number of carbonyl (C=O) groups excluding carboxylic acids is 2. The summed E-state index contributed by atoms with van der Waals surface area (Å²) in [4.78, 5) is 22.3. The first-order valence-corrected chi connectivity index (χ1v) is 5.70. The fraction of sp³-hybridized carbons (Fsp3) is 0.818. The minimum Gasteiger partial charge on any atom is -0.358 e. The lowest BCUT2D eigenvalue weighted by atomic mass is 10.1. The van der Waals surface area contributed by atoms with Crippen molar-refractivity contribution in [3.8, 4) is 0 Å². The van der Waals surface area contributed by atoms with Gasteiger partial charge in [0.05, 0.1) is 12.6 Å². The number of hydrogen-bond acceptors (Lipinski definition) is 4. The summed E-state index contributed by atoms with van der Waals surface area (Å²) in [5.41, 5.74) is 0. The van der Waals surface area contributed by atoms with Crippen molar-refractivity contribution in [2.24, 2.45) is 0 Å². The highest BCUT2D eigenvalue weighted by Crippen LogP contribution is 2.01. The van der Waals surface area contributed by atoms with E-state index >= 15 is 0 Å². The van der Waals surface area contributed by atoms with Crippen LogP contribution in [0.1, 0.15) is 26.2 Å². The Morgan fingerprint density at radius 2 is 1.88 bits per heavy atom. The topological polar surface area (TPSA) is 70.2 Å². The number of unbranched alkanes of at least 4 members (excludes halogenated alkanes) is 1. The molecule has 0 aromatic rings. The van der Waals surface area contributed by atoms with Gasteiger partial charge in [0.2, 0.25) is 5.91 Å². The maximum absolute atomic E-state index is 11.3. The van der Waals surface area contributed by atoms with Crippen molar-refractivity contribution in [1.29, 1.82) is 0 Å². The van der Waals surface area contributed by atoms with Crippen LogP contribution in [0.15, 0.2) is 0 Å². The van der Waals surface area contributed by atoms with Crippen molar-refractivity contribution in [2.75, 3.05) is 27.2 Å². The Labute approximate surface area is 97.4 Å². The lowest BCUT2D eigenvalue weighted by molar-refractivity contribution is -0.121. The first-order chi connectivity index (χ1) is 7.61. The van der Waals surface area contributed by atoms with E-state index in [9.17, 15) is 9.59 Å². The molecule has 0 spiro atoms. The molecule has 0 heterocycles. The zero-order valence-electron chi connectivity index (χ0n) is 10.4. The number of hydrogen-bond donors (Lipinski definition) is 3. The van der Waals surface area contributed by atoms with Gasteiger partial charge >= 0.3 is 0 Å². The van der Waals surface area contributed by atoms with Crippen LogP contribution >= 0.6 is 0 Å². The van der Waals surface area contributed by atoms with E-state index < -0.39 is 0 Å². The molecule has 0 radical (unpaired) electrons. The minimum absolute atomic E-state index is 0.0911. The van der Waals surface area contributed by atoms with Crippen LogP contribution in [0.5, 0.6) is 0 Å². The Morgan fingerprint density at radius 3 is 2.38 bits per heavy atom. The van der Waals surface area contributed by atoms with Crippen molar-refractivity contribution in [1.82, 2.24) is 16.0 Å². The SMILES string of the molecule is CNCCCCC(NCC(=O)NC)C(C)=O. The lowest BCUT2D eigenvalue weighted by Gasteiger charge is -2.15. The molecule has 1 atom stereocenters. The van der Waals surface area contributed by atoms with E-state index in [1.165, 1.54) is 0 Å². The first-order valence-electron chi connectivity index (χ1n) is 5.70. The molecule has 1 amide bonds. The smallest absolute Gasteiger partial charge is 0.233 e. The van der Waals surface area contributed by atoms with E-state index in [2.05, 4.69) is 16.0 Å². The molecule has 5 nitrogen and oxygen atoms in total. The van der Waals surface area contributed by atoms with Crippen LogP contribution in [0.2, 0.25) is 0 Å². The minimum atomic E-state index is -0.200. The summed E-state index contributed by atoms with van der Waals surface area (Å²) in [6.07, 6.45) is 2.81. The lowest BCUT2D eigenvalue weighted by Crippen LogP contribution is -2.41. The summed E-state index contributed by atoms with van der Waals surface area (Å²) in [7, 11) is 3.49. The van der Waals surface area contributed by atoms with Gasteiger partial charge in [0.15, 0.2) is 0 Å². The van der Waals surface area contributed by atoms with E-state index in [4.69, 9.17) is 0 Å². The molecule has 0 aromatic carbocycles. The Morgan fingerprint density at radius 1 is 1.19 bits per heavy atom. The van der Waals surface area contributed by atoms with E-state index in [0.29, 0.717) is 0 Å². The second-order valence-electron chi connectivity index (χ2n) is 3.82. The molecule has 0 bridgehead atoms. The molecule has 94 valence electrons. The van der Waals surface area contributed by atoms with Gasteiger partial charge in [-0.25, -0.2) is 0 Å². The Kier molecular flexibility index (Phi) is 8.75. The number of amides is 1. The van der Waals surface area contributed by atoms with Crippen LogP contribution in [-0.4, -0.2) is 44.9 Å². The second kappa shape index (κ2) is 9.30. The molecular formula is C11H23N3O2. The zero-order chi connectivity index (χ0) is 12.4. The van der Waals surface area contributed by atoms with Gasteiger partial charge in [0.1, 0.15) is 5.78 Å². The van der Waals surface area contributed by atoms with E-state index in [1.54, 1.807) is 14.0 Å². The van der Waals surface area contributed by atoms with Gasteiger partial charge < -0.3 is 10.6 Å². The third-order valence-electron chi connectivity index (χ3n) is 2.45. The van der Waals surface area contributed by atoms with Gasteiger partial charge in [-0.1, -0.05) is 6.42 Å². The second-order valence-corrected chi connectivity index (χ2v) is 3.82. The summed E-state index contributed by atoms with van der Waals surface area (Å²) in [6.45, 7) is 2.71. The predicted octanol–water partition coefficient (Wildman–Crippen LogP) is -0.331. The maximum atomic E-state index is 11.3. The molecule has 5 heteroatoms. The maximum Gasteiger partial charge on any atom is 0.233 e. The monoisotopic (exact) mass is 229 g/mol. The number of carbonyl (C=O) groups is 2. The standard InChI is InChI=1S/C11H23N3O2/c1-9(15)10(6-4-5-7-12-2)14-8-11(16)13-3/h10,12,14H,4-8H2,1-3H3,(H,13,16). The Balaban J connectivity index is 3.80. The summed E-state index contributed by atoms with van der Waals surface area (Å²) >= 11 is 0. The zero-order valence-corrected chi connectivity index (χ0v) is 10.4. The van der Waals surface area contributed by atoms with E-state index in [-0.39, 0.29) is 24.3 Å². The summed E-state index contributed by atoms with van der Waals surface area (Å²) in [5.74, 6) is -0.00478. The number of nitrogens with one attached hydrogen (secondary N) is 3. The third kappa shape index (κ3) is 7.36. The highest BCUT2D eigenvalue weighted by Gasteiger charge is 2.13. The normalized spacial score (nSPS) is 12.2. The Bertz CT molecular complexity index is 219. The van der Waals surface area contributed by atoms with Crippen molar-refractivity contribution in [2.45, 2.75) is 32.2 Å². The molecule has 0 saturated heterocycles. The molecule has 3 N–H and O–H groups in total.